The van der Waals surface area contributed by atoms with Gasteiger partial charge in [-0.2, -0.15) is 0 Å². The van der Waals surface area contributed by atoms with E-state index in [4.69, 9.17) is 10.5 Å². The van der Waals surface area contributed by atoms with Gasteiger partial charge in [-0.25, -0.2) is 8.78 Å². The number of ether oxygens (including phenoxy) is 1. The molecule has 0 spiro atoms. The Hall–Kier alpha value is -2.74. The molecule has 0 radical (unpaired) electrons. The van der Waals surface area contributed by atoms with E-state index in [2.05, 4.69) is 11.9 Å². The number of pyridine rings is 1. The zero-order valence-corrected chi connectivity index (χ0v) is 18.7. The molecule has 2 aliphatic carbocycles. The van der Waals surface area contributed by atoms with Gasteiger partial charge in [-0.05, 0) is 73.6 Å². The van der Waals surface area contributed by atoms with Gasteiger partial charge in [0.15, 0.2) is 17.4 Å². The van der Waals surface area contributed by atoms with E-state index >= 15 is 0 Å². The Bertz CT molecular complexity index is 1040. The summed E-state index contributed by atoms with van der Waals surface area (Å²) in [4.78, 5) is 17.3. The number of carbonyl (C=O) groups excluding carboxylic acids is 1. The first-order chi connectivity index (χ1) is 15.7. The molecule has 6 nitrogen and oxygen atoms in total. The van der Waals surface area contributed by atoms with Gasteiger partial charge in [-0.1, -0.05) is 13.0 Å². The summed E-state index contributed by atoms with van der Waals surface area (Å²) in [6.45, 7) is 2.57. The maximum Gasteiger partial charge on any atom is 0.190 e. The van der Waals surface area contributed by atoms with Crippen molar-refractivity contribution in [2.24, 2.45) is 17.1 Å². The van der Waals surface area contributed by atoms with Gasteiger partial charge < -0.3 is 25.3 Å². The molecular weight excluding hydrogens is 428 g/mol. The monoisotopic (exact) mass is 456 g/mol. The van der Waals surface area contributed by atoms with Crippen LogP contribution in [-0.2, 0) is 5.54 Å². The Morgan fingerprint density at radius 2 is 1.91 bits per heavy atom. The lowest BCUT2D eigenvalue weighted by Gasteiger charge is -2.44. The number of hydrogen-bond acceptors (Lipinski definition) is 5. The first-order valence-electron chi connectivity index (χ1n) is 11.5. The van der Waals surface area contributed by atoms with Gasteiger partial charge in [0.2, 0.25) is 0 Å². The van der Waals surface area contributed by atoms with E-state index < -0.39 is 23.5 Å². The minimum absolute atomic E-state index is 0.0178. The van der Waals surface area contributed by atoms with Crippen molar-refractivity contribution in [3.63, 3.8) is 0 Å². The lowest BCUT2D eigenvalue weighted by atomic mass is 9.83. The molecule has 2 atom stereocenters. The molecule has 8 heteroatoms. The van der Waals surface area contributed by atoms with Gasteiger partial charge in [0.25, 0.3) is 0 Å². The molecule has 2 heterocycles. The number of carboxylic acid groups (broad SMARTS) is 1. The van der Waals surface area contributed by atoms with Crippen LogP contribution in [0.5, 0.6) is 5.75 Å². The van der Waals surface area contributed by atoms with E-state index in [0.29, 0.717) is 30.5 Å². The van der Waals surface area contributed by atoms with E-state index in [0.717, 1.165) is 31.4 Å². The molecule has 3 aliphatic rings. The highest BCUT2D eigenvalue weighted by Gasteiger charge is 2.49. The highest BCUT2D eigenvalue weighted by molar-refractivity contribution is 5.64. The van der Waals surface area contributed by atoms with Crippen molar-refractivity contribution in [3.05, 3.63) is 47.8 Å². The third-order valence-electron chi connectivity index (χ3n) is 7.65. The van der Waals surface area contributed by atoms with Gasteiger partial charge in [-0.15, -0.1) is 0 Å². The maximum atomic E-state index is 14.8. The SMILES string of the molecule is CC1(C2CC(COc3c(F)cc(-c4ccc(C5(N)CC5)nc4)cc3F)CCN2C(=O)[O-])CC1. The predicted molar refractivity (Wildman–Crippen MR) is 116 cm³/mol. The summed E-state index contributed by atoms with van der Waals surface area (Å²) in [7, 11) is 0. The fraction of sp³-hybridized carbons (Fsp3) is 0.520. The Morgan fingerprint density at radius 1 is 1.21 bits per heavy atom. The maximum absolute atomic E-state index is 14.8. The minimum atomic E-state index is -1.15. The first kappa shape index (κ1) is 22.1. The highest BCUT2D eigenvalue weighted by Crippen LogP contribution is 2.53. The second kappa shape index (κ2) is 7.94. The van der Waals surface area contributed by atoms with Gasteiger partial charge in [0.1, 0.15) is 6.09 Å². The van der Waals surface area contributed by atoms with E-state index in [9.17, 15) is 18.7 Å². The first-order valence-corrected chi connectivity index (χ1v) is 11.5. The van der Waals surface area contributed by atoms with Crippen molar-refractivity contribution < 1.29 is 23.4 Å². The molecule has 1 aromatic carbocycles. The summed E-state index contributed by atoms with van der Waals surface area (Å²) in [5.41, 5.74) is 7.51. The standard InChI is InChI=1S/C25H29F2N3O3/c1-24(5-6-24)21-10-15(4-9-30(21)23(31)32)14-33-22-18(26)11-17(12-19(22)27)16-2-3-20(29-13-16)25(28)7-8-25/h2-3,11-13,15,21H,4-10,14,28H2,1H3,(H,31,32)/p-1. The number of amides is 1. The largest absolute Gasteiger partial charge is 0.530 e. The van der Waals surface area contributed by atoms with E-state index in [-0.39, 0.29) is 29.5 Å². The van der Waals surface area contributed by atoms with Crippen molar-refractivity contribution in [2.75, 3.05) is 13.2 Å². The lowest BCUT2D eigenvalue weighted by Crippen LogP contribution is -2.54. The second-order valence-electron chi connectivity index (χ2n) is 10.2. The van der Waals surface area contributed by atoms with Crippen LogP contribution in [0.25, 0.3) is 11.1 Å². The molecule has 3 fully saturated rings. The van der Waals surface area contributed by atoms with Gasteiger partial charge in [0, 0.05) is 24.3 Å². The molecule has 2 saturated carbocycles. The number of piperidine rings is 1. The number of nitrogens with two attached hydrogens (primary N) is 1. The molecule has 2 unspecified atom stereocenters. The summed E-state index contributed by atoms with van der Waals surface area (Å²) < 4.78 is 35.1. The molecule has 1 saturated heterocycles. The number of aromatic nitrogens is 1. The number of carbonyl (C=O) groups is 1. The molecule has 1 aromatic heterocycles. The van der Waals surface area contributed by atoms with Crippen LogP contribution >= 0.6 is 0 Å². The molecule has 2 aromatic rings. The van der Waals surface area contributed by atoms with Gasteiger partial charge >= 0.3 is 0 Å². The normalized spacial score (nSPS) is 24.9. The summed E-state index contributed by atoms with van der Waals surface area (Å²) in [6, 6.07) is 5.93. The number of likely N-dealkylation sites (tertiary alicyclic amines) is 1. The summed E-state index contributed by atoms with van der Waals surface area (Å²) in [5.74, 6) is -1.93. The topological polar surface area (TPSA) is 91.5 Å². The number of hydrogen-bond donors (Lipinski definition) is 1. The van der Waals surface area contributed by atoms with Crippen LogP contribution in [0, 0.1) is 23.0 Å². The third kappa shape index (κ3) is 4.28. The van der Waals surface area contributed by atoms with Gasteiger partial charge in [0.05, 0.1) is 17.8 Å². The van der Waals surface area contributed by atoms with Crippen molar-refractivity contribution in [2.45, 2.75) is 57.0 Å². The Kier molecular flexibility index (Phi) is 5.31. The van der Waals surface area contributed by atoms with Crippen molar-refractivity contribution in [1.29, 1.82) is 0 Å². The number of nitrogens with zero attached hydrogens (tertiary/aromatic N) is 2. The second-order valence-corrected chi connectivity index (χ2v) is 10.2. The van der Waals surface area contributed by atoms with Crippen molar-refractivity contribution in [1.82, 2.24) is 9.88 Å². The Balaban J connectivity index is 1.26. The number of halogens is 2. The Labute approximate surface area is 191 Å². The van der Waals surface area contributed by atoms with E-state index in [1.165, 1.54) is 17.0 Å². The molecule has 176 valence electrons. The van der Waals surface area contributed by atoms with Crippen molar-refractivity contribution in [3.8, 4) is 16.9 Å². The Morgan fingerprint density at radius 3 is 2.45 bits per heavy atom. The molecular formula is C25H28F2N3O3-. The summed E-state index contributed by atoms with van der Waals surface area (Å²) in [6.07, 6.45) is 5.34. The van der Waals surface area contributed by atoms with Crippen LogP contribution in [-0.4, -0.2) is 35.2 Å². The zero-order chi connectivity index (χ0) is 23.4. The molecule has 0 bridgehead atoms. The number of rotatable bonds is 6. The highest BCUT2D eigenvalue weighted by atomic mass is 19.1. The average Bonchev–Trinajstić information content (AvgIpc) is 3.72. The van der Waals surface area contributed by atoms with Crippen LogP contribution in [0.2, 0.25) is 0 Å². The molecule has 5 rings (SSSR count). The zero-order valence-electron chi connectivity index (χ0n) is 18.7. The molecule has 1 aliphatic heterocycles. The fourth-order valence-electron chi connectivity index (χ4n) is 4.91. The van der Waals surface area contributed by atoms with Crippen LogP contribution < -0.4 is 15.6 Å². The summed E-state index contributed by atoms with van der Waals surface area (Å²) >= 11 is 0. The van der Waals surface area contributed by atoms with E-state index in [1.54, 1.807) is 18.3 Å². The van der Waals surface area contributed by atoms with Crippen molar-refractivity contribution >= 4 is 6.09 Å². The average molecular weight is 457 g/mol. The quantitative estimate of drug-likeness (QED) is 0.718. The molecule has 33 heavy (non-hydrogen) atoms. The smallest absolute Gasteiger partial charge is 0.190 e. The molecule has 1 amide bonds. The van der Waals surface area contributed by atoms with Gasteiger partial charge in [-0.3, -0.25) is 4.98 Å². The minimum Gasteiger partial charge on any atom is -0.530 e. The van der Waals surface area contributed by atoms with E-state index in [1.807, 2.05) is 0 Å². The molecule has 2 N–H and O–H groups in total. The van der Waals surface area contributed by atoms with Crippen LogP contribution in [0.15, 0.2) is 30.5 Å². The fourth-order valence-corrected chi connectivity index (χ4v) is 4.91. The predicted octanol–water partition coefficient (Wildman–Crippen LogP) is 3.58. The van der Waals surface area contributed by atoms with Crippen LogP contribution in [0.3, 0.4) is 0 Å². The van der Waals surface area contributed by atoms with Crippen LogP contribution in [0.1, 0.15) is 51.1 Å². The third-order valence-corrected chi connectivity index (χ3v) is 7.65. The lowest BCUT2D eigenvalue weighted by molar-refractivity contribution is -0.271. The number of benzene rings is 1. The summed E-state index contributed by atoms with van der Waals surface area (Å²) in [5, 5.41) is 11.5. The van der Waals surface area contributed by atoms with Crippen LogP contribution in [0.4, 0.5) is 13.6 Å².